The summed E-state index contributed by atoms with van der Waals surface area (Å²) in [5.74, 6) is 0.741. The van der Waals surface area contributed by atoms with E-state index >= 15 is 0 Å². The Hall–Kier alpha value is -1.88. The van der Waals surface area contributed by atoms with Gasteiger partial charge in [-0.25, -0.2) is 0 Å². The minimum Gasteiger partial charge on any atom is -0.481 e. The van der Waals surface area contributed by atoms with Crippen molar-refractivity contribution in [3.8, 4) is 5.75 Å². The lowest BCUT2D eigenvalue weighted by Gasteiger charge is -2.57. The van der Waals surface area contributed by atoms with E-state index in [0.29, 0.717) is 29.7 Å². The summed E-state index contributed by atoms with van der Waals surface area (Å²) in [6.45, 7) is 0.966. The first-order chi connectivity index (χ1) is 11.0. The van der Waals surface area contributed by atoms with Crippen molar-refractivity contribution in [2.45, 2.75) is 43.2 Å². The Balaban J connectivity index is 1.82. The van der Waals surface area contributed by atoms with Gasteiger partial charge in [-0.1, -0.05) is 6.07 Å². The Kier molecular flexibility index (Phi) is 2.44. The van der Waals surface area contributed by atoms with Gasteiger partial charge in [-0.2, -0.15) is 0 Å². The van der Waals surface area contributed by atoms with Gasteiger partial charge in [0.1, 0.15) is 5.75 Å². The highest BCUT2D eigenvalue weighted by Crippen LogP contribution is 2.61. The van der Waals surface area contributed by atoms with E-state index in [-0.39, 0.29) is 11.2 Å². The van der Waals surface area contributed by atoms with Gasteiger partial charge < -0.3 is 15.4 Å². The highest BCUT2D eigenvalue weighted by atomic mass is 16.5. The van der Waals surface area contributed by atoms with E-state index in [4.69, 9.17) is 10.5 Å². The lowest BCUT2D eigenvalue weighted by Crippen LogP contribution is -2.65. The number of hydrogen-bond acceptors (Lipinski definition) is 4. The maximum absolute atomic E-state index is 12.6. The molecule has 4 unspecified atom stereocenters. The molecule has 0 radical (unpaired) electrons. The normalized spacial score (nSPS) is 37.3. The van der Waals surface area contributed by atoms with Crippen molar-refractivity contribution in [2.24, 2.45) is 11.7 Å². The van der Waals surface area contributed by atoms with Crippen molar-refractivity contribution in [3.63, 3.8) is 0 Å². The number of carbonyl (C=O) groups excluding carboxylic acids is 2. The standard InChI is InChI=1S/C18H20N2O3/c1-20-7-6-18-11-4-5-13(21)16(18)23-15-10(17(19)22)3-2-9(14(15)18)8-12(11)20/h2-3,11-12,16H,4-8H2,1H3,(H2,19,22). The van der Waals surface area contributed by atoms with E-state index in [1.165, 1.54) is 5.56 Å². The van der Waals surface area contributed by atoms with Crippen LogP contribution in [0.15, 0.2) is 12.1 Å². The van der Waals surface area contributed by atoms with Gasteiger partial charge >= 0.3 is 0 Å². The number of amides is 1. The number of nitrogens with zero attached hydrogens (tertiary/aromatic N) is 1. The van der Waals surface area contributed by atoms with Gasteiger partial charge in [0, 0.05) is 23.4 Å². The Morgan fingerprint density at radius 3 is 3.04 bits per heavy atom. The third-order valence-corrected chi connectivity index (χ3v) is 6.67. The van der Waals surface area contributed by atoms with Crippen LogP contribution in [0, 0.1) is 5.92 Å². The zero-order valence-corrected chi connectivity index (χ0v) is 13.2. The number of rotatable bonds is 1. The average Bonchev–Trinajstić information content (AvgIpc) is 2.87. The summed E-state index contributed by atoms with van der Waals surface area (Å²) >= 11 is 0. The topological polar surface area (TPSA) is 72.6 Å². The third kappa shape index (κ3) is 1.42. The maximum Gasteiger partial charge on any atom is 0.252 e. The number of primary amides is 1. The number of benzene rings is 1. The summed E-state index contributed by atoms with van der Waals surface area (Å²) in [7, 11) is 2.18. The quantitative estimate of drug-likeness (QED) is 0.840. The van der Waals surface area contributed by atoms with E-state index in [0.717, 1.165) is 31.4 Å². The van der Waals surface area contributed by atoms with Crippen LogP contribution in [0.1, 0.15) is 40.7 Å². The van der Waals surface area contributed by atoms with Gasteiger partial charge in [0.25, 0.3) is 5.91 Å². The number of nitrogens with two attached hydrogens (primary N) is 1. The van der Waals surface area contributed by atoms with E-state index in [1.807, 2.05) is 6.07 Å². The van der Waals surface area contributed by atoms with Crippen LogP contribution in [0.25, 0.3) is 0 Å². The summed E-state index contributed by atoms with van der Waals surface area (Å²) in [6, 6.07) is 4.25. The molecule has 2 N–H and O–H groups in total. The largest absolute Gasteiger partial charge is 0.481 e. The first kappa shape index (κ1) is 13.5. The molecule has 2 bridgehead atoms. The highest BCUT2D eigenvalue weighted by Gasteiger charge is 2.65. The van der Waals surface area contributed by atoms with Crippen LogP contribution >= 0.6 is 0 Å². The first-order valence-electron chi connectivity index (χ1n) is 8.40. The molecule has 4 aliphatic rings. The van der Waals surface area contributed by atoms with Gasteiger partial charge in [-0.3, -0.25) is 9.59 Å². The first-order valence-corrected chi connectivity index (χ1v) is 8.40. The SMILES string of the molecule is CN1CCC23c4c5ccc(C(N)=O)c4OC2C(=O)CCC3C1C5. The van der Waals surface area contributed by atoms with Crippen molar-refractivity contribution in [3.05, 3.63) is 28.8 Å². The number of ketones is 1. The molecule has 2 fully saturated rings. The predicted octanol–water partition coefficient (Wildman–Crippen LogP) is 1.02. The van der Waals surface area contributed by atoms with E-state index < -0.39 is 12.0 Å². The summed E-state index contributed by atoms with van der Waals surface area (Å²) in [6.07, 6.45) is 2.97. The molecule has 2 aliphatic heterocycles. The zero-order chi connectivity index (χ0) is 15.9. The molecule has 120 valence electrons. The number of ether oxygens (including phenoxy) is 1. The van der Waals surface area contributed by atoms with Crippen molar-refractivity contribution in [1.29, 1.82) is 0 Å². The summed E-state index contributed by atoms with van der Waals surface area (Å²) in [4.78, 5) is 26.9. The number of carbonyl (C=O) groups is 2. The molecule has 23 heavy (non-hydrogen) atoms. The van der Waals surface area contributed by atoms with Crippen LogP contribution in [-0.4, -0.2) is 42.3 Å². The van der Waals surface area contributed by atoms with Crippen LogP contribution < -0.4 is 10.5 Å². The molecule has 5 heteroatoms. The highest BCUT2D eigenvalue weighted by molar-refractivity contribution is 5.98. The molecule has 1 spiro atoms. The van der Waals surface area contributed by atoms with Crippen LogP contribution in [0.5, 0.6) is 5.75 Å². The van der Waals surface area contributed by atoms with Crippen LogP contribution in [0.3, 0.4) is 0 Å². The molecule has 1 amide bonds. The van der Waals surface area contributed by atoms with E-state index in [1.54, 1.807) is 6.07 Å². The van der Waals surface area contributed by atoms with Crippen molar-refractivity contribution < 1.29 is 14.3 Å². The molecule has 2 heterocycles. The average molecular weight is 312 g/mol. The van der Waals surface area contributed by atoms with Crippen LogP contribution in [0.4, 0.5) is 0 Å². The van der Waals surface area contributed by atoms with Crippen LogP contribution in [0.2, 0.25) is 0 Å². The summed E-state index contributed by atoms with van der Waals surface area (Å²) in [5, 5.41) is 0. The number of likely N-dealkylation sites (tertiary alicyclic amines) is 1. The monoisotopic (exact) mass is 312 g/mol. The van der Waals surface area contributed by atoms with Gasteiger partial charge in [0.15, 0.2) is 11.9 Å². The molecule has 1 aromatic rings. The zero-order valence-electron chi connectivity index (χ0n) is 13.2. The molecule has 1 aromatic carbocycles. The third-order valence-electron chi connectivity index (χ3n) is 6.67. The molecule has 2 aliphatic carbocycles. The number of Topliss-reactive ketones (excluding diaryl/α,β-unsaturated/α-hetero) is 1. The molecule has 1 saturated carbocycles. The molecule has 1 saturated heterocycles. The Morgan fingerprint density at radius 1 is 1.43 bits per heavy atom. The van der Waals surface area contributed by atoms with Gasteiger partial charge in [0.2, 0.25) is 0 Å². The Labute approximate surface area is 134 Å². The number of likely N-dealkylation sites (N-methyl/N-ethyl adjacent to an activating group) is 1. The Bertz CT molecular complexity index is 759. The van der Waals surface area contributed by atoms with Crippen LogP contribution in [-0.2, 0) is 16.6 Å². The smallest absolute Gasteiger partial charge is 0.252 e. The molecule has 4 atom stereocenters. The van der Waals surface area contributed by atoms with Gasteiger partial charge in [0.05, 0.1) is 5.56 Å². The van der Waals surface area contributed by atoms with Gasteiger partial charge in [-0.05, 0) is 50.4 Å². The minimum atomic E-state index is -0.475. The fraction of sp³-hybridized carbons (Fsp3) is 0.556. The molecular weight excluding hydrogens is 292 g/mol. The molecule has 0 aromatic heterocycles. The second-order valence-corrected chi connectivity index (χ2v) is 7.49. The van der Waals surface area contributed by atoms with E-state index in [9.17, 15) is 9.59 Å². The van der Waals surface area contributed by atoms with Crippen molar-refractivity contribution in [1.82, 2.24) is 4.90 Å². The summed E-state index contributed by atoms with van der Waals surface area (Å²) in [5.41, 5.74) is 8.10. The number of hydrogen-bond donors (Lipinski definition) is 1. The van der Waals surface area contributed by atoms with E-state index in [2.05, 4.69) is 11.9 Å². The molecule has 5 nitrogen and oxygen atoms in total. The summed E-state index contributed by atoms with van der Waals surface area (Å²) < 4.78 is 6.15. The second-order valence-electron chi connectivity index (χ2n) is 7.49. The van der Waals surface area contributed by atoms with Gasteiger partial charge in [-0.15, -0.1) is 0 Å². The van der Waals surface area contributed by atoms with Crippen molar-refractivity contribution >= 4 is 11.7 Å². The molecular formula is C18H20N2O3. The fourth-order valence-corrected chi connectivity index (χ4v) is 5.73. The molecule has 5 rings (SSSR count). The maximum atomic E-state index is 12.6. The second kappa shape index (κ2) is 4.15. The van der Waals surface area contributed by atoms with Crippen molar-refractivity contribution in [2.75, 3.05) is 13.6 Å². The predicted molar refractivity (Wildman–Crippen MR) is 83.5 cm³/mol. The lowest BCUT2D eigenvalue weighted by molar-refractivity contribution is -0.138. The lowest BCUT2D eigenvalue weighted by atomic mass is 9.51. The Morgan fingerprint density at radius 2 is 2.26 bits per heavy atom. The number of piperidine rings is 1. The fourth-order valence-electron chi connectivity index (χ4n) is 5.73. The minimum absolute atomic E-state index is 0.184.